The lowest BCUT2D eigenvalue weighted by molar-refractivity contribution is 0.669. The van der Waals surface area contributed by atoms with E-state index >= 15 is 0 Å². The molecule has 3 aromatic heterocycles. The molecule has 6 heteroatoms. The number of aromatic nitrogens is 4. The van der Waals surface area contributed by atoms with E-state index in [0.29, 0.717) is 17.5 Å². The van der Waals surface area contributed by atoms with Crippen LogP contribution in [0.4, 0.5) is 17.1 Å². The molecule has 0 saturated heterocycles. The first-order valence-corrected chi connectivity index (χ1v) is 21.1. The van der Waals surface area contributed by atoms with E-state index in [1.54, 1.807) is 0 Å². The van der Waals surface area contributed by atoms with Gasteiger partial charge in [-0.25, -0.2) is 15.0 Å². The van der Waals surface area contributed by atoms with Crippen molar-refractivity contribution in [1.29, 1.82) is 0 Å². The third-order valence-corrected chi connectivity index (χ3v) is 11.8. The number of furan rings is 1. The van der Waals surface area contributed by atoms with Crippen molar-refractivity contribution in [3.05, 3.63) is 224 Å². The largest absolute Gasteiger partial charge is 0.456 e. The van der Waals surface area contributed by atoms with Crippen LogP contribution in [0, 0.1) is 0 Å². The van der Waals surface area contributed by atoms with Crippen LogP contribution >= 0.6 is 0 Å². The van der Waals surface area contributed by atoms with E-state index in [9.17, 15) is 0 Å². The fraction of sp³-hybridized carbons (Fsp3) is 0. The minimum Gasteiger partial charge on any atom is -0.456 e. The molecular weight excluding hydrogens is 771 g/mol. The van der Waals surface area contributed by atoms with Crippen LogP contribution in [0.25, 0.3) is 94.7 Å². The molecule has 63 heavy (non-hydrogen) atoms. The number of rotatable bonds is 8. The fourth-order valence-corrected chi connectivity index (χ4v) is 8.91. The predicted molar refractivity (Wildman–Crippen MR) is 258 cm³/mol. The Morgan fingerprint density at radius 2 is 0.873 bits per heavy atom. The smallest absolute Gasteiger partial charge is 0.164 e. The Balaban J connectivity index is 1.06. The second-order valence-electron chi connectivity index (χ2n) is 15.6. The summed E-state index contributed by atoms with van der Waals surface area (Å²) in [4.78, 5) is 17.6. The molecule has 0 N–H and O–H groups in total. The van der Waals surface area contributed by atoms with Crippen LogP contribution < -0.4 is 4.90 Å². The molecule has 6 nitrogen and oxygen atoms in total. The highest BCUT2D eigenvalue weighted by molar-refractivity contribution is 6.14. The average molecular weight is 808 g/mol. The highest BCUT2D eigenvalue weighted by Gasteiger charge is 2.22. The first kappa shape index (κ1) is 36.3. The summed E-state index contributed by atoms with van der Waals surface area (Å²) < 4.78 is 8.97. The molecule has 0 aliphatic heterocycles. The van der Waals surface area contributed by atoms with Crippen molar-refractivity contribution in [1.82, 2.24) is 19.5 Å². The summed E-state index contributed by atoms with van der Waals surface area (Å²) in [5.74, 6) is 1.80. The molecule has 0 aliphatic rings. The van der Waals surface area contributed by atoms with Crippen LogP contribution in [0.1, 0.15) is 0 Å². The zero-order valence-electron chi connectivity index (χ0n) is 34.0. The van der Waals surface area contributed by atoms with E-state index < -0.39 is 0 Å². The van der Waals surface area contributed by atoms with Crippen molar-refractivity contribution >= 4 is 60.8 Å². The maximum Gasteiger partial charge on any atom is 0.164 e. The number of para-hydroxylation sites is 2. The van der Waals surface area contributed by atoms with Gasteiger partial charge in [-0.3, -0.25) is 0 Å². The summed E-state index contributed by atoms with van der Waals surface area (Å²) in [6.07, 6.45) is 0. The lowest BCUT2D eigenvalue weighted by Crippen LogP contribution is -2.10. The molecular formula is C57H37N5O. The van der Waals surface area contributed by atoms with Crippen LogP contribution in [-0.2, 0) is 0 Å². The molecule has 0 saturated carbocycles. The number of hydrogen-bond donors (Lipinski definition) is 0. The van der Waals surface area contributed by atoms with Gasteiger partial charge in [0.15, 0.2) is 17.5 Å². The van der Waals surface area contributed by atoms with E-state index in [1.807, 2.05) is 72.8 Å². The Kier molecular flexibility index (Phi) is 8.71. The van der Waals surface area contributed by atoms with Gasteiger partial charge in [-0.2, -0.15) is 0 Å². The number of benzene rings is 9. The molecule has 0 bridgehead atoms. The van der Waals surface area contributed by atoms with Crippen molar-refractivity contribution in [2.24, 2.45) is 0 Å². The van der Waals surface area contributed by atoms with Crippen molar-refractivity contribution in [2.45, 2.75) is 0 Å². The SMILES string of the molecule is c1ccc(-c2ccc(N(c3ccc4oc5cccc(-c6nc(-c7ccccc7)nc(-c7ccccc7)n6)c5c4c3)c3ccc4c(c3)c3ccccc3n4-c3ccccc3)cc2)cc1. The van der Waals surface area contributed by atoms with Crippen LogP contribution in [0.15, 0.2) is 229 Å². The molecule has 0 amide bonds. The van der Waals surface area contributed by atoms with Gasteiger partial charge in [0.25, 0.3) is 0 Å². The minimum atomic E-state index is 0.579. The molecule has 0 fully saturated rings. The van der Waals surface area contributed by atoms with E-state index in [1.165, 1.54) is 16.3 Å². The van der Waals surface area contributed by atoms with Gasteiger partial charge in [0.2, 0.25) is 0 Å². The monoisotopic (exact) mass is 807 g/mol. The second-order valence-corrected chi connectivity index (χ2v) is 15.6. The van der Waals surface area contributed by atoms with E-state index in [-0.39, 0.29) is 0 Å². The number of hydrogen-bond acceptors (Lipinski definition) is 5. The highest BCUT2D eigenvalue weighted by atomic mass is 16.3. The Morgan fingerprint density at radius 3 is 1.56 bits per heavy atom. The zero-order valence-corrected chi connectivity index (χ0v) is 34.0. The van der Waals surface area contributed by atoms with Crippen LogP contribution in [0.5, 0.6) is 0 Å². The lowest BCUT2D eigenvalue weighted by Gasteiger charge is -2.26. The van der Waals surface area contributed by atoms with Crippen molar-refractivity contribution in [2.75, 3.05) is 4.90 Å². The van der Waals surface area contributed by atoms with Crippen LogP contribution in [0.3, 0.4) is 0 Å². The Morgan fingerprint density at radius 1 is 0.349 bits per heavy atom. The summed E-state index contributed by atoms with van der Waals surface area (Å²) in [6.45, 7) is 0. The third kappa shape index (κ3) is 6.40. The molecule has 9 aromatic carbocycles. The molecule has 0 spiro atoms. The molecule has 296 valence electrons. The van der Waals surface area contributed by atoms with E-state index in [2.05, 4.69) is 161 Å². The molecule has 0 unspecified atom stereocenters. The predicted octanol–water partition coefficient (Wildman–Crippen LogP) is 15.0. The van der Waals surface area contributed by atoms with Gasteiger partial charge in [-0.05, 0) is 83.9 Å². The normalized spacial score (nSPS) is 11.5. The third-order valence-electron chi connectivity index (χ3n) is 11.8. The van der Waals surface area contributed by atoms with Gasteiger partial charge in [-0.1, -0.05) is 152 Å². The lowest BCUT2D eigenvalue weighted by atomic mass is 10.0. The topological polar surface area (TPSA) is 60.0 Å². The average Bonchev–Trinajstić information content (AvgIpc) is 3.91. The molecule has 3 heterocycles. The maximum atomic E-state index is 6.61. The van der Waals surface area contributed by atoms with Gasteiger partial charge in [0.05, 0.1) is 11.0 Å². The van der Waals surface area contributed by atoms with Gasteiger partial charge in [-0.15, -0.1) is 0 Å². The summed E-state index contributed by atoms with van der Waals surface area (Å²) in [7, 11) is 0. The van der Waals surface area contributed by atoms with Gasteiger partial charge < -0.3 is 13.9 Å². The Labute approximate surface area is 363 Å². The zero-order chi connectivity index (χ0) is 41.7. The van der Waals surface area contributed by atoms with Crippen LogP contribution in [-0.4, -0.2) is 19.5 Å². The molecule has 0 aliphatic carbocycles. The quantitative estimate of drug-likeness (QED) is 0.153. The van der Waals surface area contributed by atoms with Gasteiger partial charge in [0, 0.05) is 61.0 Å². The number of fused-ring (bicyclic) bond motifs is 6. The Bertz CT molecular complexity index is 3540. The summed E-state index contributed by atoms with van der Waals surface area (Å²) in [6, 6.07) is 78.2. The second kappa shape index (κ2) is 15.1. The van der Waals surface area contributed by atoms with E-state index in [4.69, 9.17) is 19.4 Å². The summed E-state index contributed by atoms with van der Waals surface area (Å²) >= 11 is 0. The minimum absolute atomic E-state index is 0.579. The van der Waals surface area contributed by atoms with Gasteiger partial charge >= 0.3 is 0 Å². The molecule has 12 rings (SSSR count). The highest BCUT2D eigenvalue weighted by Crippen LogP contribution is 2.44. The number of nitrogens with zero attached hydrogens (tertiary/aromatic N) is 5. The first-order valence-electron chi connectivity index (χ1n) is 21.1. The molecule has 12 aromatic rings. The van der Waals surface area contributed by atoms with Crippen molar-refractivity contribution < 1.29 is 4.42 Å². The van der Waals surface area contributed by atoms with Crippen molar-refractivity contribution in [3.8, 4) is 51.0 Å². The van der Waals surface area contributed by atoms with Gasteiger partial charge in [0.1, 0.15) is 11.2 Å². The Hall–Kier alpha value is -8.61. The summed E-state index contributed by atoms with van der Waals surface area (Å²) in [5.41, 5.74) is 13.1. The van der Waals surface area contributed by atoms with Crippen LogP contribution in [0.2, 0.25) is 0 Å². The molecule has 0 atom stereocenters. The fourth-order valence-electron chi connectivity index (χ4n) is 8.91. The first-order chi connectivity index (χ1) is 31.2. The molecule has 0 radical (unpaired) electrons. The maximum absolute atomic E-state index is 6.61. The summed E-state index contributed by atoms with van der Waals surface area (Å²) in [5, 5.41) is 4.28. The van der Waals surface area contributed by atoms with E-state index in [0.717, 1.165) is 78.0 Å². The number of anilines is 3. The van der Waals surface area contributed by atoms with Crippen molar-refractivity contribution in [3.63, 3.8) is 0 Å². The standard InChI is InChI=1S/C57H37N5O/c1-5-16-38(17-6-1)39-28-30-43(31-29-39)61(44-32-34-51-48(36-44)46-24-13-14-26-50(46)62(51)42-22-11-4-12-23-42)45-33-35-52-49(37-45)54-47(25-15-27-53(54)63-52)57-59-55(40-18-7-2-8-19-40)58-56(60-57)41-20-9-3-10-21-41/h1-37H.